The zero-order valence-electron chi connectivity index (χ0n) is 37.7. The van der Waals surface area contributed by atoms with E-state index in [2.05, 4.69) is 36.6 Å². The van der Waals surface area contributed by atoms with Crippen LogP contribution in [0.4, 0.5) is 13.2 Å². The van der Waals surface area contributed by atoms with Crippen LogP contribution >= 0.6 is 0 Å². The highest BCUT2D eigenvalue weighted by Gasteiger charge is 2.41. The molecule has 0 bridgehead atoms. The first-order valence-electron chi connectivity index (χ1n) is 21.0. The van der Waals surface area contributed by atoms with E-state index in [1.807, 2.05) is 13.8 Å². The molecule has 1 fully saturated rings. The molecular formula is C41H66F3N11O10. The predicted octanol–water partition coefficient (Wildman–Crippen LogP) is 0.433. The van der Waals surface area contributed by atoms with Gasteiger partial charge in [-0.3, -0.25) is 34.0 Å². The Hall–Kier alpha value is -6.36. The number of carbonyl (C=O) groups excluding carboxylic acids is 5. The van der Waals surface area contributed by atoms with Gasteiger partial charge in [-0.05, 0) is 74.0 Å². The molecule has 1 aromatic rings. The molecule has 2 rings (SSSR count). The molecule has 14 N–H and O–H groups in total. The number of alkyl halides is 3. The van der Waals surface area contributed by atoms with E-state index in [9.17, 15) is 52.2 Å². The fraction of sp³-hybridized carbons (Fsp3) is 0.634. The number of carboxylic acid groups (broad SMARTS) is 2. The van der Waals surface area contributed by atoms with Crippen molar-refractivity contribution in [2.24, 2.45) is 38.5 Å². The number of phenolic OH excluding ortho intramolecular Hbond substituents is 1. The standard InChI is InChI=1S/C39H65N11O8.C2HF3O2/c1-23(2)21-28(36(57)58)48-34(55)31(39(3,4)5)49-32(53)27(22-24-14-16-25(51)17-15-24)47-33(54)29-12-10-20-50(29)35(56)26(11-9-19-44-37(40)41)46-30(52)13-7-8-18-45-38(42)43-6;3-2(4,5)1(6)7/h14-17,23,26-29,31,51H,7-13,18-22H2,1-6H3,(H,46,52)(H,47,54)(H,48,55)(H,49,53)(H,57,58)(H4,40,41,44)(H3,42,43,45);(H,6,7)/t26-,27-,28-,29-,31+;/m0./s1. The molecule has 1 saturated heterocycles. The maximum Gasteiger partial charge on any atom is 0.490 e. The summed E-state index contributed by atoms with van der Waals surface area (Å²) in [5, 5.41) is 40.6. The normalized spacial score (nSPS) is 15.8. The third kappa shape index (κ3) is 21.7. The van der Waals surface area contributed by atoms with E-state index >= 15 is 0 Å². The number of guanidine groups is 2. The van der Waals surface area contributed by atoms with Gasteiger partial charge >= 0.3 is 18.1 Å². The Balaban J connectivity index is 0.00000277. The van der Waals surface area contributed by atoms with Crippen LogP contribution in [0.1, 0.15) is 91.5 Å². The van der Waals surface area contributed by atoms with Crippen LogP contribution in [0.5, 0.6) is 5.75 Å². The molecule has 1 aliphatic rings. The van der Waals surface area contributed by atoms with Crippen molar-refractivity contribution in [2.45, 2.75) is 129 Å². The Morgan fingerprint density at radius 3 is 2.00 bits per heavy atom. The summed E-state index contributed by atoms with van der Waals surface area (Å²) in [6, 6.07) is 0.459. The fourth-order valence-corrected chi connectivity index (χ4v) is 6.45. The van der Waals surface area contributed by atoms with Crippen molar-refractivity contribution in [1.29, 1.82) is 0 Å². The molecule has 366 valence electrons. The maximum atomic E-state index is 14.1. The molecule has 1 heterocycles. The Morgan fingerprint density at radius 1 is 0.862 bits per heavy atom. The maximum absolute atomic E-state index is 14.1. The summed E-state index contributed by atoms with van der Waals surface area (Å²) in [5.41, 5.74) is 16.3. The van der Waals surface area contributed by atoms with E-state index in [1.54, 1.807) is 40.0 Å². The fourth-order valence-electron chi connectivity index (χ4n) is 6.45. The second kappa shape index (κ2) is 27.1. The molecule has 0 aromatic heterocycles. The van der Waals surface area contributed by atoms with Gasteiger partial charge in [-0.15, -0.1) is 0 Å². The molecule has 0 aliphatic carbocycles. The summed E-state index contributed by atoms with van der Waals surface area (Å²) in [4.78, 5) is 98.9. The number of carbonyl (C=O) groups is 7. The highest BCUT2D eigenvalue weighted by molar-refractivity contribution is 5.96. The number of rotatable bonds is 22. The average Bonchev–Trinajstić information content (AvgIpc) is 3.70. The van der Waals surface area contributed by atoms with Gasteiger partial charge in [0.25, 0.3) is 0 Å². The lowest BCUT2D eigenvalue weighted by Gasteiger charge is -2.33. The van der Waals surface area contributed by atoms with E-state index in [1.165, 1.54) is 17.0 Å². The lowest BCUT2D eigenvalue weighted by atomic mass is 9.85. The van der Waals surface area contributed by atoms with Crippen LogP contribution in [-0.4, -0.2) is 137 Å². The monoisotopic (exact) mass is 929 g/mol. The van der Waals surface area contributed by atoms with Crippen molar-refractivity contribution >= 4 is 53.4 Å². The summed E-state index contributed by atoms with van der Waals surface area (Å²) in [5.74, 6) is -6.67. The number of aliphatic imine (C=N–C) groups is 2. The minimum absolute atomic E-state index is 0.00293. The third-order valence-corrected chi connectivity index (χ3v) is 9.78. The number of nitrogens with two attached hydrogens (primary N) is 3. The largest absolute Gasteiger partial charge is 0.508 e. The number of halogens is 3. The van der Waals surface area contributed by atoms with Crippen molar-refractivity contribution in [3.05, 3.63) is 29.8 Å². The summed E-state index contributed by atoms with van der Waals surface area (Å²) in [6.07, 6.45) is -2.34. The van der Waals surface area contributed by atoms with Crippen LogP contribution < -0.4 is 43.8 Å². The molecule has 0 spiro atoms. The quantitative estimate of drug-likeness (QED) is 0.0427. The first-order chi connectivity index (χ1) is 30.2. The van der Waals surface area contributed by atoms with Gasteiger partial charge in [-0.2, -0.15) is 13.2 Å². The van der Waals surface area contributed by atoms with Crippen LogP contribution in [0.3, 0.4) is 0 Å². The minimum atomic E-state index is -5.08. The molecule has 1 aliphatic heterocycles. The third-order valence-electron chi connectivity index (χ3n) is 9.78. The van der Waals surface area contributed by atoms with E-state index in [0.29, 0.717) is 37.8 Å². The van der Waals surface area contributed by atoms with Crippen molar-refractivity contribution in [3.8, 4) is 5.75 Å². The van der Waals surface area contributed by atoms with E-state index < -0.39 is 77.4 Å². The predicted molar refractivity (Wildman–Crippen MR) is 234 cm³/mol. The van der Waals surface area contributed by atoms with Crippen LogP contribution in [0.15, 0.2) is 34.3 Å². The summed E-state index contributed by atoms with van der Waals surface area (Å²) >= 11 is 0. The van der Waals surface area contributed by atoms with Gasteiger partial charge in [-0.25, -0.2) is 9.59 Å². The Kier molecular flexibility index (Phi) is 23.6. The van der Waals surface area contributed by atoms with Crippen LogP contribution in [0.25, 0.3) is 0 Å². The topological polar surface area (TPSA) is 346 Å². The SMILES string of the molecule is CN=C(N)NCCCCC(=O)N[C@@H](CCCN=C(N)N)C(=O)N1CCC[C@H]1C(=O)N[C@@H](Cc1ccc(O)cc1)C(=O)N[C@H](C(=O)N[C@@H](CC(C)C)C(=O)O)C(C)(C)C.O=C(O)C(F)(F)F. The number of hydrogen-bond donors (Lipinski definition) is 11. The number of nitrogens with zero attached hydrogens (tertiary/aromatic N) is 3. The second-order valence-electron chi connectivity index (χ2n) is 16.8. The molecule has 24 heteroatoms. The number of unbranched alkanes of at least 4 members (excludes halogenated alkanes) is 1. The second-order valence-corrected chi connectivity index (χ2v) is 16.8. The van der Waals surface area contributed by atoms with Crippen LogP contribution in [0, 0.1) is 11.3 Å². The molecule has 65 heavy (non-hydrogen) atoms. The highest BCUT2D eigenvalue weighted by atomic mass is 19.4. The summed E-state index contributed by atoms with van der Waals surface area (Å²) in [7, 11) is 1.56. The van der Waals surface area contributed by atoms with E-state index in [0.717, 1.165) is 0 Å². The van der Waals surface area contributed by atoms with Gasteiger partial charge < -0.3 is 64.0 Å². The number of aliphatic carboxylic acids is 2. The van der Waals surface area contributed by atoms with Gasteiger partial charge in [0.1, 0.15) is 36.0 Å². The first kappa shape index (κ1) is 56.7. The number of aromatic hydroxyl groups is 1. The molecule has 5 amide bonds. The van der Waals surface area contributed by atoms with Crippen molar-refractivity contribution < 1.29 is 62.1 Å². The molecule has 21 nitrogen and oxygen atoms in total. The first-order valence-corrected chi connectivity index (χ1v) is 21.0. The molecule has 1 aromatic carbocycles. The smallest absolute Gasteiger partial charge is 0.490 e. The number of nitrogens with one attached hydrogen (secondary N) is 5. The van der Waals surface area contributed by atoms with E-state index in [4.69, 9.17) is 27.1 Å². The lowest BCUT2D eigenvalue weighted by molar-refractivity contribution is -0.192. The summed E-state index contributed by atoms with van der Waals surface area (Å²) < 4.78 is 31.7. The van der Waals surface area contributed by atoms with Crippen molar-refractivity contribution in [3.63, 3.8) is 0 Å². The Morgan fingerprint density at radius 2 is 1.48 bits per heavy atom. The van der Waals surface area contributed by atoms with Crippen LogP contribution in [0.2, 0.25) is 0 Å². The zero-order chi connectivity index (χ0) is 49.7. The van der Waals surface area contributed by atoms with Crippen molar-refractivity contribution in [1.82, 2.24) is 31.5 Å². The Bertz CT molecular complexity index is 1820. The molecule has 0 unspecified atom stereocenters. The number of carboxylic acids is 2. The number of hydrogen-bond acceptors (Lipinski definition) is 10. The minimum Gasteiger partial charge on any atom is -0.508 e. The number of amides is 5. The average molecular weight is 930 g/mol. The molecule has 0 saturated carbocycles. The number of likely N-dealkylation sites (tertiary alicyclic amines) is 1. The van der Waals surface area contributed by atoms with Crippen LogP contribution in [-0.2, 0) is 40.0 Å². The van der Waals surface area contributed by atoms with Gasteiger partial charge in [0.15, 0.2) is 11.9 Å². The van der Waals surface area contributed by atoms with E-state index in [-0.39, 0.29) is 74.7 Å². The van der Waals surface area contributed by atoms with Gasteiger partial charge in [0.05, 0.1) is 0 Å². The Labute approximate surface area is 376 Å². The summed E-state index contributed by atoms with van der Waals surface area (Å²) in [6.45, 7) is 9.77. The zero-order valence-corrected chi connectivity index (χ0v) is 37.7. The molecule has 0 radical (unpaired) electrons. The lowest BCUT2D eigenvalue weighted by Crippen LogP contribution is -2.61. The van der Waals surface area contributed by atoms with Gasteiger partial charge in [0.2, 0.25) is 29.5 Å². The number of benzene rings is 1. The molecule has 5 atom stereocenters. The molecular weight excluding hydrogens is 864 g/mol. The van der Waals surface area contributed by atoms with Gasteiger partial charge in [0, 0.05) is 39.5 Å². The number of phenols is 1. The van der Waals surface area contributed by atoms with Gasteiger partial charge in [-0.1, -0.05) is 46.8 Å². The highest BCUT2D eigenvalue weighted by Crippen LogP contribution is 2.23. The van der Waals surface area contributed by atoms with Crippen molar-refractivity contribution in [2.75, 3.05) is 26.7 Å².